The average molecular weight is 133 g/mol. The van der Waals surface area contributed by atoms with Crippen molar-refractivity contribution >= 4 is 17.7 Å². The number of rotatable bonds is 0. The summed E-state index contributed by atoms with van der Waals surface area (Å²) in [4.78, 5) is 3.87. The summed E-state index contributed by atoms with van der Waals surface area (Å²) in [6.07, 6.45) is 1.27. The van der Waals surface area contributed by atoms with Crippen molar-refractivity contribution in [3.8, 4) is 0 Å². The quantitative estimate of drug-likeness (QED) is 0.391. The summed E-state index contributed by atoms with van der Waals surface area (Å²) in [6.45, 7) is 0. The summed E-state index contributed by atoms with van der Waals surface area (Å²) in [7, 11) is 0. The number of para-hydroxylation sites is 2. The second-order valence-corrected chi connectivity index (χ2v) is 2.06. The maximum absolute atomic E-state index is 10.8. The highest BCUT2D eigenvalue weighted by molar-refractivity contribution is 5.84. The molecule has 49 valence electrons. The van der Waals surface area contributed by atoms with Gasteiger partial charge in [0.1, 0.15) is 5.69 Å². The number of benzene rings is 1. The second kappa shape index (κ2) is 1.90. The minimum Gasteiger partial charge on any atom is -0.570 e. The Bertz CT molecular complexity index is 283. The van der Waals surface area contributed by atoms with Gasteiger partial charge in [0.2, 0.25) is 12.0 Å². The molecule has 0 saturated heterocycles. The van der Waals surface area contributed by atoms with Gasteiger partial charge in [0, 0.05) is 6.07 Å². The summed E-state index contributed by atoms with van der Waals surface area (Å²) in [5, 5.41) is 11.6. The van der Waals surface area contributed by atoms with E-state index < -0.39 is 0 Å². The topological polar surface area (TPSA) is 41.3 Å². The number of hydrogen-bond donors (Lipinski definition) is 0. The Hall–Kier alpha value is -1.19. The molecular weight excluding hydrogens is 128 g/mol. The van der Waals surface area contributed by atoms with Crippen molar-refractivity contribution in [2.45, 2.75) is 0 Å². The van der Waals surface area contributed by atoms with Crippen LogP contribution in [0.2, 0.25) is 0 Å². The van der Waals surface area contributed by atoms with Crippen molar-refractivity contribution in [1.82, 2.24) is 5.06 Å². The number of hydroxylamine groups is 1. The van der Waals surface area contributed by atoms with E-state index in [1.807, 2.05) is 18.2 Å². The van der Waals surface area contributed by atoms with Gasteiger partial charge < -0.3 is 5.21 Å². The SMILES string of the molecule is [O-][N+]1C=Nc2ccccc21. The summed E-state index contributed by atoms with van der Waals surface area (Å²) >= 11 is 0. The van der Waals surface area contributed by atoms with Crippen molar-refractivity contribution in [1.29, 1.82) is 0 Å². The first-order chi connectivity index (χ1) is 4.88. The van der Waals surface area contributed by atoms with Crippen LogP contribution in [0.1, 0.15) is 0 Å². The normalized spacial score (nSPS) is 15.7. The lowest BCUT2D eigenvalue weighted by Gasteiger charge is -2.00. The molecule has 0 spiro atoms. The molecule has 0 aromatic heterocycles. The minimum atomic E-state index is 0.627. The third-order valence-electron chi connectivity index (χ3n) is 1.42. The second-order valence-electron chi connectivity index (χ2n) is 2.06. The molecular formula is C7H5N2O. The molecule has 1 radical (unpaired) electrons. The van der Waals surface area contributed by atoms with Gasteiger partial charge in [-0.1, -0.05) is 12.1 Å². The molecule has 1 heterocycles. The van der Waals surface area contributed by atoms with Gasteiger partial charge in [-0.3, -0.25) is 0 Å². The predicted molar refractivity (Wildman–Crippen MR) is 39.8 cm³/mol. The highest BCUT2D eigenvalue weighted by atomic mass is 16.5. The third kappa shape index (κ3) is 0.650. The Balaban J connectivity index is 2.59. The van der Waals surface area contributed by atoms with Crippen molar-refractivity contribution in [2.24, 2.45) is 4.99 Å². The molecule has 0 atom stereocenters. The molecule has 3 heteroatoms. The number of aliphatic imine (C=N–C) groups is 1. The van der Waals surface area contributed by atoms with Crippen molar-refractivity contribution < 1.29 is 0 Å². The van der Waals surface area contributed by atoms with Gasteiger partial charge in [0.15, 0.2) is 0 Å². The largest absolute Gasteiger partial charge is 0.570 e. The lowest BCUT2D eigenvalue weighted by Crippen LogP contribution is -2.07. The first-order valence-electron chi connectivity index (χ1n) is 2.97. The zero-order valence-corrected chi connectivity index (χ0v) is 5.19. The molecule has 1 aromatic carbocycles. The lowest BCUT2D eigenvalue weighted by atomic mass is 10.3. The monoisotopic (exact) mass is 133 g/mol. The lowest BCUT2D eigenvalue weighted by molar-refractivity contribution is 1.04. The zero-order valence-electron chi connectivity index (χ0n) is 5.19. The standard InChI is InChI=1S/C7H5N2O/c10-9-5-8-6-3-1-2-4-7(6)9/h1-5H. The molecule has 0 N–H and O–H groups in total. The van der Waals surface area contributed by atoms with Crippen LogP contribution in [-0.2, 0) is 0 Å². The maximum atomic E-state index is 10.8. The number of nitrogens with zero attached hydrogens (tertiary/aromatic N) is 2. The Kier molecular flexibility index (Phi) is 1.06. The van der Waals surface area contributed by atoms with Crippen LogP contribution in [0.4, 0.5) is 11.4 Å². The van der Waals surface area contributed by atoms with Crippen LogP contribution in [0.3, 0.4) is 0 Å². The van der Waals surface area contributed by atoms with E-state index in [0.717, 1.165) is 10.8 Å². The first kappa shape index (κ1) is 5.58. The van der Waals surface area contributed by atoms with Gasteiger partial charge in [-0.25, -0.2) is 0 Å². The van der Waals surface area contributed by atoms with Gasteiger partial charge in [-0.2, -0.15) is 4.99 Å². The van der Waals surface area contributed by atoms with E-state index in [1.165, 1.54) is 6.34 Å². The van der Waals surface area contributed by atoms with Crippen LogP contribution in [-0.4, -0.2) is 6.34 Å². The molecule has 0 bridgehead atoms. The maximum Gasteiger partial charge on any atom is 0.246 e. The summed E-state index contributed by atoms with van der Waals surface area (Å²) in [5.74, 6) is 0. The molecule has 0 unspecified atom stereocenters. The van der Waals surface area contributed by atoms with Crippen LogP contribution in [0.15, 0.2) is 29.3 Å². The fourth-order valence-electron chi connectivity index (χ4n) is 0.937. The van der Waals surface area contributed by atoms with Crippen LogP contribution < -0.4 is 5.06 Å². The molecule has 0 saturated carbocycles. The van der Waals surface area contributed by atoms with E-state index in [2.05, 4.69) is 4.99 Å². The molecule has 10 heavy (non-hydrogen) atoms. The highest BCUT2D eigenvalue weighted by Gasteiger charge is 2.17. The molecule has 1 aliphatic rings. The highest BCUT2D eigenvalue weighted by Crippen LogP contribution is 2.30. The van der Waals surface area contributed by atoms with E-state index in [9.17, 15) is 5.21 Å². The number of anilines is 1. The van der Waals surface area contributed by atoms with Gasteiger partial charge in [0.05, 0.1) is 0 Å². The fourth-order valence-corrected chi connectivity index (χ4v) is 0.937. The number of hydrogen-bond acceptors (Lipinski definition) is 3. The Labute approximate surface area is 58.2 Å². The van der Waals surface area contributed by atoms with Crippen LogP contribution in [0, 0.1) is 5.21 Å². The Morgan fingerprint density at radius 2 is 2.10 bits per heavy atom. The summed E-state index contributed by atoms with van der Waals surface area (Å²) in [5.41, 5.74) is 1.38. The molecule has 1 aliphatic heterocycles. The fraction of sp³-hybridized carbons (Fsp3) is 0. The molecule has 0 aliphatic carbocycles. The smallest absolute Gasteiger partial charge is 0.246 e. The van der Waals surface area contributed by atoms with E-state index in [4.69, 9.17) is 0 Å². The van der Waals surface area contributed by atoms with Crippen LogP contribution >= 0.6 is 0 Å². The zero-order chi connectivity index (χ0) is 6.97. The Morgan fingerprint density at radius 1 is 1.30 bits per heavy atom. The van der Waals surface area contributed by atoms with E-state index in [-0.39, 0.29) is 0 Å². The molecule has 0 amide bonds. The molecule has 2 rings (SSSR count). The molecule has 0 fully saturated rings. The van der Waals surface area contributed by atoms with E-state index in [1.54, 1.807) is 6.07 Å². The van der Waals surface area contributed by atoms with Gasteiger partial charge >= 0.3 is 0 Å². The van der Waals surface area contributed by atoms with Gasteiger partial charge in [0.25, 0.3) is 0 Å². The van der Waals surface area contributed by atoms with Crippen molar-refractivity contribution in [3.63, 3.8) is 0 Å². The van der Waals surface area contributed by atoms with E-state index in [0.29, 0.717) is 5.69 Å². The minimum absolute atomic E-state index is 0.627. The van der Waals surface area contributed by atoms with Crippen LogP contribution in [0.25, 0.3) is 0 Å². The average Bonchev–Trinajstić information content (AvgIpc) is 2.34. The van der Waals surface area contributed by atoms with Gasteiger partial charge in [-0.05, 0) is 6.07 Å². The predicted octanol–water partition coefficient (Wildman–Crippen LogP) is 1.63. The summed E-state index contributed by atoms with van der Waals surface area (Å²) < 4.78 is 0. The van der Waals surface area contributed by atoms with E-state index >= 15 is 0 Å². The first-order valence-corrected chi connectivity index (χ1v) is 2.97. The third-order valence-corrected chi connectivity index (χ3v) is 1.42. The molecule has 3 nitrogen and oxygen atoms in total. The Morgan fingerprint density at radius 3 is 2.90 bits per heavy atom. The van der Waals surface area contributed by atoms with Crippen LogP contribution in [0.5, 0.6) is 0 Å². The number of fused-ring (bicyclic) bond motifs is 1. The molecule has 1 aromatic rings. The summed E-state index contributed by atoms with van der Waals surface area (Å²) in [6, 6.07) is 7.23. The van der Waals surface area contributed by atoms with Crippen molar-refractivity contribution in [3.05, 3.63) is 29.5 Å². The van der Waals surface area contributed by atoms with Crippen molar-refractivity contribution in [2.75, 3.05) is 0 Å². The van der Waals surface area contributed by atoms with Gasteiger partial charge in [-0.15, -0.1) is 5.06 Å².